The molecule has 3 aromatic rings. The molecule has 1 spiro atoms. The molecule has 0 aliphatic carbocycles. The van der Waals surface area contributed by atoms with Crippen LogP contribution in [0.2, 0.25) is 0 Å². The molecule has 2 aliphatic rings. The van der Waals surface area contributed by atoms with E-state index < -0.39 is 30.4 Å². The van der Waals surface area contributed by atoms with E-state index in [1.165, 1.54) is 0 Å². The van der Waals surface area contributed by atoms with E-state index in [-0.39, 0.29) is 0 Å². The van der Waals surface area contributed by atoms with Crippen molar-refractivity contribution in [2.45, 2.75) is 50.2 Å². The molecule has 3 aromatic carbocycles. The van der Waals surface area contributed by atoms with Crippen molar-refractivity contribution in [1.82, 2.24) is 0 Å². The number of epoxide rings is 1. The fourth-order valence-corrected chi connectivity index (χ4v) is 4.26. The van der Waals surface area contributed by atoms with Gasteiger partial charge >= 0.3 is 0 Å². The topological polar surface area (TPSA) is 58.7 Å². The van der Waals surface area contributed by atoms with E-state index in [0.717, 1.165) is 16.7 Å². The summed E-state index contributed by atoms with van der Waals surface area (Å²) < 4.78 is 37.0. The first kappa shape index (κ1) is 23.2. The molecule has 6 nitrogen and oxygen atoms in total. The van der Waals surface area contributed by atoms with E-state index in [1.807, 2.05) is 91.0 Å². The SMILES string of the molecule is CO[C@H]1O[C@]2(CO2)[C@@H](OCc2ccccc2)[C@H](OCc2ccccc2)[C@H]1OCc1ccccc1. The van der Waals surface area contributed by atoms with Gasteiger partial charge in [0.15, 0.2) is 6.29 Å². The van der Waals surface area contributed by atoms with Crippen molar-refractivity contribution >= 4 is 0 Å². The van der Waals surface area contributed by atoms with Crippen LogP contribution in [0.1, 0.15) is 16.7 Å². The third-order valence-corrected chi connectivity index (χ3v) is 6.14. The lowest BCUT2D eigenvalue weighted by atomic mass is 9.98. The van der Waals surface area contributed by atoms with Crippen LogP contribution in [0.3, 0.4) is 0 Å². The van der Waals surface area contributed by atoms with Crippen LogP contribution in [0.5, 0.6) is 0 Å². The lowest BCUT2D eigenvalue weighted by Crippen LogP contribution is -2.62. The first-order valence-corrected chi connectivity index (χ1v) is 11.6. The molecule has 0 amide bonds. The van der Waals surface area contributed by atoms with Crippen LogP contribution in [0.4, 0.5) is 0 Å². The summed E-state index contributed by atoms with van der Waals surface area (Å²) in [4.78, 5) is 0. The van der Waals surface area contributed by atoms with Gasteiger partial charge in [0.25, 0.3) is 0 Å². The summed E-state index contributed by atoms with van der Waals surface area (Å²) >= 11 is 0. The zero-order chi connectivity index (χ0) is 23.2. The molecule has 178 valence electrons. The molecule has 0 N–H and O–H groups in total. The highest BCUT2D eigenvalue weighted by Crippen LogP contribution is 2.45. The average Bonchev–Trinajstić information content (AvgIpc) is 3.67. The predicted octanol–water partition coefficient (Wildman–Crippen LogP) is 4.47. The maximum absolute atomic E-state index is 6.49. The van der Waals surface area contributed by atoms with Crippen molar-refractivity contribution < 1.29 is 28.4 Å². The fourth-order valence-electron chi connectivity index (χ4n) is 4.26. The maximum atomic E-state index is 6.49. The van der Waals surface area contributed by atoms with Gasteiger partial charge in [-0.1, -0.05) is 91.0 Å². The van der Waals surface area contributed by atoms with E-state index in [2.05, 4.69) is 0 Å². The Morgan fingerprint density at radius 3 is 1.56 bits per heavy atom. The predicted molar refractivity (Wildman–Crippen MR) is 126 cm³/mol. The standard InChI is InChI=1S/C28H30O6/c1-29-27-25(31-18-22-13-7-3-8-14-22)24(30-17-21-11-5-2-6-12-21)26(28(34-27)20-33-28)32-19-23-15-9-4-10-16-23/h2-16,24-27H,17-20H2,1H3/t24-,25-,26+,27+,28-/m1/s1. The second-order valence-corrected chi connectivity index (χ2v) is 8.56. The number of methoxy groups -OCH3 is 1. The van der Waals surface area contributed by atoms with Crippen molar-refractivity contribution in [2.75, 3.05) is 13.7 Å². The van der Waals surface area contributed by atoms with Crippen molar-refractivity contribution in [3.05, 3.63) is 108 Å². The molecule has 5 rings (SSSR count). The highest BCUT2D eigenvalue weighted by molar-refractivity contribution is 5.16. The minimum atomic E-state index is -0.899. The summed E-state index contributed by atoms with van der Waals surface area (Å²) in [5.41, 5.74) is 3.19. The normalized spacial score (nSPS) is 28.1. The van der Waals surface area contributed by atoms with Gasteiger partial charge in [-0.25, -0.2) is 0 Å². The molecule has 2 fully saturated rings. The number of ether oxygens (including phenoxy) is 6. The van der Waals surface area contributed by atoms with Crippen LogP contribution in [-0.4, -0.2) is 44.1 Å². The first-order chi connectivity index (χ1) is 16.8. The van der Waals surface area contributed by atoms with E-state index >= 15 is 0 Å². The van der Waals surface area contributed by atoms with E-state index in [0.29, 0.717) is 26.4 Å². The zero-order valence-corrected chi connectivity index (χ0v) is 19.2. The summed E-state index contributed by atoms with van der Waals surface area (Å²) in [5, 5.41) is 0. The third kappa shape index (κ3) is 5.39. The molecule has 5 atom stereocenters. The molecule has 0 unspecified atom stereocenters. The van der Waals surface area contributed by atoms with Gasteiger partial charge in [0.2, 0.25) is 5.79 Å². The fraction of sp³-hybridized carbons (Fsp3) is 0.357. The molecule has 0 saturated carbocycles. The van der Waals surface area contributed by atoms with Crippen LogP contribution in [0, 0.1) is 0 Å². The highest BCUT2D eigenvalue weighted by Gasteiger charge is 2.65. The molecule has 2 aliphatic heterocycles. The Bertz CT molecular complexity index is 1010. The van der Waals surface area contributed by atoms with Crippen LogP contribution in [-0.2, 0) is 48.2 Å². The largest absolute Gasteiger partial charge is 0.368 e. The van der Waals surface area contributed by atoms with Crippen LogP contribution in [0.25, 0.3) is 0 Å². The van der Waals surface area contributed by atoms with Crippen molar-refractivity contribution in [3.63, 3.8) is 0 Å². The molecular weight excluding hydrogens is 432 g/mol. The molecule has 6 heteroatoms. The molecule has 34 heavy (non-hydrogen) atoms. The second-order valence-electron chi connectivity index (χ2n) is 8.56. The van der Waals surface area contributed by atoms with Crippen molar-refractivity contribution in [1.29, 1.82) is 0 Å². The zero-order valence-electron chi connectivity index (χ0n) is 19.2. The number of rotatable bonds is 10. The number of benzene rings is 3. The Kier molecular flexibility index (Phi) is 7.35. The van der Waals surface area contributed by atoms with E-state index in [9.17, 15) is 0 Å². The summed E-state index contributed by atoms with van der Waals surface area (Å²) in [6.45, 7) is 1.64. The monoisotopic (exact) mass is 462 g/mol. The summed E-state index contributed by atoms with van der Waals surface area (Å²) in [7, 11) is 1.61. The first-order valence-electron chi connectivity index (χ1n) is 11.6. The Morgan fingerprint density at radius 1 is 0.676 bits per heavy atom. The highest BCUT2D eigenvalue weighted by atomic mass is 16.9. The smallest absolute Gasteiger partial charge is 0.224 e. The Hall–Kier alpha value is -2.58. The summed E-state index contributed by atoms with van der Waals surface area (Å²) in [6.07, 6.45) is -2.11. The van der Waals surface area contributed by atoms with Crippen LogP contribution >= 0.6 is 0 Å². The van der Waals surface area contributed by atoms with Gasteiger partial charge in [0.05, 0.1) is 19.8 Å². The second kappa shape index (κ2) is 10.8. The van der Waals surface area contributed by atoms with Gasteiger partial charge in [0, 0.05) is 7.11 Å². The Balaban J connectivity index is 1.38. The van der Waals surface area contributed by atoms with E-state index in [4.69, 9.17) is 28.4 Å². The maximum Gasteiger partial charge on any atom is 0.224 e. The van der Waals surface area contributed by atoms with Crippen LogP contribution in [0.15, 0.2) is 91.0 Å². The minimum Gasteiger partial charge on any atom is -0.368 e. The van der Waals surface area contributed by atoms with Crippen molar-refractivity contribution in [2.24, 2.45) is 0 Å². The average molecular weight is 463 g/mol. The number of hydrogen-bond donors (Lipinski definition) is 0. The van der Waals surface area contributed by atoms with Crippen molar-refractivity contribution in [3.8, 4) is 0 Å². The molecule has 2 heterocycles. The van der Waals surface area contributed by atoms with E-state index in [1.54, 1.807) is 7.11 Å². The quantitative estimate of drug-likeness (QED) is 0.415. The van der Waals surface area contributed by atoms with Gasteiger partial charge in [-0.3, -0.25) is 0 Å². The van der Waals surface area contributed by atoms with Gasteiger partial charge in [-0.05, 0) is 16.7 Å². The third-order valence-electron chi connectivity index (χ3n) is 6.14. The molecule has 0 bridgehead atoms. The van der Waals surface area contributed by atoms with Gasteiger partial charge in [-0.2, -0.15) is 0 Å². The van der Waals surface area contributed by atoms with Gasteiger partial charge in [0.1, 0.15) is 24.9 Å². The molecule has 0 aromatic heterocycles. The Labute approximate surface area is 200 Å². The van der Waals surface area contributed by atoms with Crippen LogP contribution < -0.4 is 0 Å². The lowest BCUT2D eigenvalue weighted by molar-refractivity contribution is -0.345. The lowest BCUT2D eigenvalue weighted by Gasteiger charge is -2.44. The number of hydrogen-bond acceptors (Lipinski definition) is 6. The molecule has 0 radical (unpaired) electrons. The Morgan fingerprint density at radius 2 is 1.12 bits per heavy atom. The minimum absolute atomic E-state index is 0.402. The van der Waals surface area contributed by atoms with Gasteiger partial charge in [-0.15, -0.1) is 0 Å². The molecular formula is C28H30O6. The van der Waals surface area contributed by atoms with Gasteiger partial charge < -0.3 is 28.4 Å². The summed E-state index contributed by atoms with van der Waals surface area (Å²) in [6, 6.07) is 30.1. The molecule has 2 saturated heterocycles. The summed E-state index contributed by atoms with van der Waals surface area (Å²) in [5.74, 6) is -0.899.